The Morgan fingerprint density at radius 1 is 1.14 bits per heavy atom. The molecule has 7 heteroatoms. The van der Waals surface area contributed by atoms with Crippen molar-refractivity contribution in [3.05, 3.63) is 56.7 Å². The Labute approximate surface area is 177 Å². The number of aromatic hydroxyl groups is 1. The molecule has 0 saturated heterocycles. The molecule has 2 rings (SSSR count). The molecule has 2 aromatic rings. The molecule has 0 bridgehead atoms. The smallest absolute Gasteiger partial charge is 0.342 e. The summed E-state index contributed by atoms with van der Waals surface area (Å²) in [5.41, 5.74) is 0.999. The van der Waals surface area contributed by atoms with E-state index in [2.05, 4.69) is 20.8 Å². The van der Waals surface area contributed by atoms with Crippen molar-refractivity contribution in [1.29, 1.82) is 0 Å². The van der Waals surface area contributed by atoms with Gasteiger partial charge in [-0.2, -0.15) is 0 Å². The van der Waals surface area contributed by atoms with E-state index in [1.807, 2.05) is 22.6 Å². The summed E-state index contributed by atoms with van der Waals surface area (Å²) in [5, 5.41) is 20.8. The maximum Gasteiger partial charge on any atom is 0.342 e. The van der Waals surface area contributed by atoms with Crippen molar-refractivity contribution in [3.63, 3.8) is 0 Å². The standard InChI is InChI=1S/C21H23IO6/c1-4-21(2,3)14-6-7-17(23)15(12-14)20(26)28-10-9-27-18-8-5-13(19(24)25)11-16(18)22/h5-8,11-12,23H,4,9-10H2,1-3H3,(H,24,25)/p-1. The zero-order chi connectivity index (χ0) is 20.9. The summed E-state index contributed by atoms with van der Waals surface area (Å²) >= 11 is 1.96. The molecule has 0 spiro atoms. The molecule has 28 heavy (non-hydrogen) atoms. The molecule has 0 saturated carbocycles. The van der Waals surface area contributed by atoms with Crippen LogP contribution in [0.1, 0.15) is 53.5 Å². The van der Waals surface area contributed by atoms with E-state index in [0.717, 1.165) is 12.0 Å². The highest BCUT2D eigenvalue weighted by molar-refractivity contribution is 14.1. The van der Waals surface area contributed by atoms with Crippen LogP contribution in [0.2, 0.25) is 0 Å². The van der Waals surface area contributed by atoms with Crippen LogP contribution in [0.4, 0.5) is 0 Å². The average Bonchev–Trinajstić information content (AvgIpc) is 2.66. The van der Waals surface area contributed by atoms with E-state index in [1.165, 1.54) is 24.3 Å². The van der Waals surface area contributed by atoms with Crippen LogP contribution in [0.15, 0.2) is 36.4 Å². The first-order chi connectivity index (χ1) is 13.2. The van der Waals surface area contributed by atoms with E-state index in [0.29, 0.717) is 9.32 Å². The number of hydrogen-bond acceptors (Lipinski definition) is 6. The summed E-state index contributed by atoms with van der Waals surface area (Å²) in [5.74, 6) is -1.53. The highest BCUT2D eigenvalue weighted by atomic mass is 127. The maximum atomic E-state index is 12.3. The van der Waals surface area contributed by atoms with Gasteiger partial charge in [0.25, 0.3) is 0 Å². The second-order valence-corrected chi connectivity index (χ2v) is 8.05. The van der Waals surface area contributed by atoms with E-state index in [-0.39, 0.29) is 35.5 Å². The van der Waals surface area contributed by atoms with Gasteiger partial charge in [0, 0.05) is 0 Å². The minimum Gasteiger partial charge on any atom is -0.545 e. The fourth-order valence-corrected chi connectivity index (χ4v) is 3.10. The largest absolute Gasteiger partial charge is 0.545 e. The number of esters is 1. The molecule has 0 amide bonds. The molecule has 2 aromatic carbocycles. The van der Waals surface area contributed by atoms with Gasteiger partial charge in [-0.15, -0.1) is 0 Å². The summed E-state index contributed by atoms with van der Waals surface area (Å²) in [6.07, 6.45) is 0.884. The number of rotatable bonds is 8. The molecule has 0 unspecified atom stereocenters. The molecule has 0 radical (unpaired) electrons. The number of phenolic OH excluding ortho intramolecular Hbond substituents is 1. The molecule has 0 heterocycles. The molecule has 0 aliphatic rings. The Kier molecular flexibility index (Phi) is 7.29. The first-order valence-electron chi connectivity index (χ1n) is 8.80. The molecule has 1 N–H and O–H groups in total. The van der Waals surface area contributed by atoms with Crippen LogP contribution in [0, 0.1) is 3.57 Å². The molecule has 0 fully saturated rings. The summed E-state index contributed by atoms with van der Waals surface area (Å²) in [4.78, 5) is 23.2. The predicted octanol–water partition coefficient (Wildman–Crippen LogP) is 3.28. The van der Waals surface area contributed by atoms with Gasteiger partial charge in [-0.25, -0.2) is 4.79 Å². The molecule has 0 atom stereocenters. The number of carbonyl (C=O) groups is 2. The molecule has 0 aromatic heterocycles. The number of aromatic carboxylic acids is 1. The van der Waals surface area contributed by atoms with Crippen LogP contribution in [0.5, 0.6) is 11.5 Å². The molecule has 150 valence electrons. The molecule has 0 aliphatic carbocycles. The van der Waals surface area contributed by atoms with Crippen LogP contribution in [-0.4, -0.2) is 30.3 Å². The minimum atomic E-state index is -1.26. The number of ether oxygens (including phenoxy) is 2. The number of benzene rings is 2. The third-order valence-electron chi connectivity index (χ3n) is 4.62. The second kappa shape index (κ2) is 9.27. The van der Waals surface area contributed by atoms with E-state index in [1.54, 1.807) is 12.1 Å². The summed E-state index contributed by atoms with van der Waals surface area (Å²) in [6.45, 7) is 6.26. The van der Waals surface area contributed by atoms with Crippen molar-refractivity contribution in [3.8, 4) is 11.5 Å². The highest BCUT2D eigenvalue weighted by Crippen LogP contribution is 2.30. The number of carboxylic acids is 1. The lowest BCUT2D eigenvalue weighted by Crippen LogP contribution is -2.22. The third-order valence-corrected chi connectivity index (χ3v) is 5.47. The van der Waals surface area contributed by atoms with Crippen molar-refractivity contribution in [2.24, 2.45) is 0 Å². The van der Waals surface area contributed by atoms with Gasteiger partial charge in [-0.05, 0) is 75.9 Å². The van der Waals surface area contributed by atoms with Crippen molar-refractivity contribution < 1.29 is 29.3 Å². The number of halogens is 1. The summed E-state index contributed by atoms with van der Waals surface area (Å²) in [7, 11) is 0. The van der Waals surface area contributed by atoms with E-state index in [9.17, 15) is 19.8 Å². The lowest BCUT2D eigenvalue weighted by atomic mass is 9.81. The Morgan fingerprint density at radius 3 is 2.46 bits per heavy atom. The summed E-state index contributed by atoms with van der Waals surface area (Å²) in [6, 6.07) is 9.31. The Balaban J connectivity index is 1.96. The fourth-order valence-electron chi connectivity index (χ4n) is 2.43. The predicted molar refractivity (Wildman–Crippen MR) is 111 cm³/mol. The fraction of sp³-hybridized carbons (Fsp3) is 0.333. The van der Waals surface area contributed by atoms with Gasteiger partial charge in [0.1, 0.15) is 30.3 Å². The molecule has 0 aliphatic heterocycles. The molecular formula is C21H22IO6-. The van der Waals surface area contributed by atoms with Crippen molar-refractivity contribution >= 4 is 34.5 Å². The van der Waals surface area contributed by atoms with Gasteiger partial charge in [0.15, 0.2) is 0 Å². The van der Waals surface area contributed by atoms with E-state index in [4.69, 9.17) is 9.47 Å². The van der Waals surface area contributed by atoms with E-state index >= 15 is 0 Å². The number of hydrogen-bond donors (Lipinski definition) is 1. The van der Waals surface area contributed by atoms with Crippen molar-refractivity contribution in [1.82, 2.24) is 0 Å². The first kappa shape index (κ1) is 22.0. The van der Waals surface area contributed by atoms with Crippen molar-refractivity contribution in [2.45, 2.75) is 32.6 Å². The Bertz CT molecular complexity index is 875. The van der Waals surface area contributed by atoms with Gasteiger partial charge in [-0.1, -0.05) is 26.8 Å². The zero-order valence-corrected chi connectivity index (χ0v) is 18.1. The van der Waals surface area contributed by atoms with Crippen LogP contribution in [-0.2, 0) is 10.2 Å². The lowest BCUT2D eigenvalue weighted by molar-refractivity contribution is -0.255. The van der Waals surface area contributed by atoms with Gasteiger partial charge < -0.3 is 24.5 Å². The quantitative estimate of drug-likeness (QED) is 0.342. The second-order valence-electron chi connectivity index (χ2n) is 6.89. The zero-order valence-electron chi connectivity index (χ0n) is 16.0. The topological polar surface area (TPSA) is 95.9 Å². The van der Waals surface area contributed by atoms with Gasteiger partial charge in [0.05, 0.1) is 9.54 Å². The number of carbonyl (C=O) groups excluding carboxylic acids is 2. The minimum absolute atomic E-state index is 0.0159. The van der Waals surface area contributed by atoms with Gasteiger partial charge >= 0.3 is 5.97 Å². The van der Waals surface area contributed by atoms with Crippen molar-refractivity contribution in [2.75, 3.05) is 13.2 Å². The van der Waals surface area contributed by atoms with Crippen LogP contribution in [0.25, 0.3) is 0 Å². The van der Waals surface area contributed by atoms with Crippen LogP contribution in [0.3, 0.4) is 0 Å². The summed E-state index contributed by atoms with van der Waals surface area (Å²) < 4.78 is 11.3. The first-order valence-corrected chi connectivity index (χ1v) is 9.88. The molecular weight excluding hydrogens is 475 g/mol. The van der Waals surface area contributed by atoms with E-state index < -0.39 is 11.9 Å². The third kappa shape index (κ3) is 5.37. The average molecular weight is 497 g/mol. The highest BCUT2D eigenvalue weighted by Gasteiger charge is 2.22. The van der Waals surface area contributed by atoms with Crippen LogP contribution < -0.4 is 9.84 Å². The van der Waals surface area contributed by atoms with Crippen LogP contribution >= 0.6 is 22.6 Å². The lowest BCUT2D eigenvalue weighted by Gasteiger charge is -2.24. The normalized spacial score (nSPS) is 11.1. The number of carboxylic acid groups (broad SMARTS) is 1. The van der Waals surface area contributed by atoms with Gasteiger partial charge in [0.2, 0.25) is 0 Å². The Morgan fingerprint density at radius 2 is 1.86 bits per heavy atom. The monoisotopic (exact) mass is 497 g/mol. The molecule has 6 nitrogen and oxygen atoms in total. The number of phenols is 1. The SMILES string of the molecule is CCC(C)(C)c1ccc(O)c(C(=O)OCCOc2ccc(C(=O)[O-])cc2I)c1. The maximum absolute atomic E-state index is 12.3. The van der Waals surface area contributed by atoms with Gasteiger partial charge in [-0.3, -0.25) is 0 Å². The Hall–Kier alpha value is -2.29.